The molecule has 0 aliphatic rings. The molecular formula is C6H8N2O2S. The van der Waals surface area contributed by atoms with Crippen LogP contribution in [0.25, 0.3) is 0 Å². The lowest BCUT2D eigenvalue weighted by molar-refractivity contribution is 0.0691. The summed E-state index contributed by atoms with van der Waals surface area (Å²) in [4.78, 5) is 14.2. The molecule has 11 heavy (non-hydrogen) atoms. The summed E-state index contributed by atoms with van der Waals surface area (Å²) in [5.41, 5.74) is 0.0388. The normalized spacial score (nSPS) is 10.0. The van der Waals surface area contributed by atoms with Gasteiger partial charge in [0.15, 0.2) is 5.69 Å². The van der Waals surface area contributed by atoms with E-state index in [0.717, 1.165) is 0 Å². The minimum Gasteiger partial charge on any atom is -0.476 e. The highest BCUT2D eigenvalue weighted by Crippen LogP contribution is 2.04. The van der Waals surface area contributed by atoms with Gasteiger partial charge < -0.3 is 5.11 Å². The molecule has 0 aromatic carbocycles. The molecule has 1 rings (SSSR count). The largest absolute Gasteiger partial charge is 0.476 e. The average molecular weight is 172 g/mol. The number of carboxylic acid groups (broad SMARTS) is 1. The minimum atomic E-state index is -1.02. The van der Waals surface area contributed by atoms with Gasteiger partial charge in [0.2, 0.25) is 0 Å². The highest BCUT2D eigenvalue weighted by Gasteiger charge is 2.09. The second-order valence-electron chi connectivity index (χ2n) is 2.05. The van der Waals surface area contributed by atoms with Gasteiger partial charge in [-0.1, -0.05) is 19.7 Å². The molecule has 0 unspecified atom stereocenters. The second kappa shape index (κ2) is 2.96. The Labute approximate surface area is 69.4 Å². The molecule has 0 radical (unpaired) electrons. The molecular weight excluding hydrogens is 164 g/mol. The number of aromatic carboxylic acids is 1. The molecule has 0 saturated carbocycles. The molecule has 0 bridgehead atoms. The molecule has 1 N–H and O–H groups in total. The Bertz CT molecular complexity index is 282. The molecule has 4 nitrogen and oxygen atoms in total. The standard InChI is InChI=1S/C6H8N2O2S/c1-2-5-7-4(6(9)10)3-8(5)11/h3,11H,2H2,1H3,(H,9,10). The van der Waals surface area contributed by atoms with Crippen LogP contribution in [0.15, 0.2) is 6.20 Å². The van der Waals surface area contributed by atoms with Crippen molar-refractivity contribution in [1.29, 1.82) is 0 Å². The SMILES string of the molecule is CCc1nc(C(=O)O)cn1S. The number of carbonyl (C=O) groups is 1. The van der Waals surface area contributed by atoms with E-state index in [-0.39, 0.29) is 5.69 Å². The van der Waals surface area contributed by atoms with Gasteiger partial charge in [-0.15, -0.1) is 0 Å². The Hall–Kier alpha value is -0.970. The van der Waals surface area contributed by atoms with Crippen molar-refractivity contribution in [3.8, 4) is 0 Å². The van der Waals surface area contributed by atoms with E-state index in [1.165, 1.54) is 10.2 Å². The Morgan fingerprint density at radius 1 is 1.91 bits per heavy atom. The van der Waals surface area contributed by atoms with Crippen molar-refractivity contribution >= 4 is 18.8 Å². The zero-order chi connectivity index (χ0) is 8.43. The first kappa shape index (κ1) is 8.13. The van der Waals surface area contributed by atoms with Crippen molar-refractivity contribution in [2.45, 2.75) is 13.3 Å². The Kier molecular flexibility index (Phi) is 2.19. The zero-order valence-electron chi connectivity index (χ0n) is 5.98. The first-order valence-electron chi connectivity index (χ1n) is 3.16. The van der Waals surface area contributed by atoms with Crippen LogP contribution < -0.4 is 0 Å². The molecule has 0 atom stereocenters. The number of rotatable bonds is 2. The van der Waals surface area contributed by atoms with Crippen molar-refractivity contribution < 1.29 is 9.90 Å². The van der Waals surface area contributed by atoms with Gasteiger partial charge in [-0.05, 0) is 0 Å². The summed E-state index contributed by atoms with van der Waals surface area (Å²) < 4.78 is 1.42. The Morgan fingerprint density at radius 2 is 2.55 bits per heavy atom. The average Bonchev–Trinajstić information content (AvgIpc) is 2.31. The van der Waals surface area contributed by atoms with E-state index in [4.69, 9.17) is 5.11 Å². The number of nitrogens with zero attached hydrogens (tertiary/aromatic N) is 2. The van der Waals surface area contributed by atoms with E-state index in [9.17, 15) is 4.79 Å². The van der Waals surface area contributed by atoms with E-state index >= 15 is 0 Å². The molecule has 1 heterocycles. The van der Waals surface area contributed by atoms with Gasteiger partial charge in [0.05, 0.1) is 6.20 Å². The van der Waals surface area contributed by atoms with E-state index in [1.54, 1.807) is 0 Å². The van der Waals surface area contributed by atoms with E-state index in [0.29, 0.717) is 12.2 Å². The summed E-state index contributed by atoms with van der Waals surface area (Å²) >= 11 is 3.98. The van der Waals surface area contributed by atoms with Gasteiger partial charge in [0, 0.05) is 6.42 Å². The molecule has 5 heteroatoms. The van der Waals surface area contributed by atoms with Crippen LogP contribution in [-0.2, 0) is 6.42 Å². The van der Waals surface area contributed by atoms with Crippen molar-refractivity contribution in [2.24, 2.45) is 0 Å². The van der Waals surface area contributed by atoms with Crippen LogP contribution in [0.2, 0.25) is 0 Å². The van der Waals surface area contributed by atoms with Gasteiger partial charge in [-0.3, -0.25) is 3.97 Å². The molecule has 0 fully saturated rings. The van der Waals surface area contributed by atoms with Gasteiger partial charge >= 0.3 is 5.97 Å². The van der Waals surface area contributed by atoms with E-state index in [1.807, 2.05) is 6.92 Å². The molecule has 0 saturated heterocycles. The van der Waals surface area contributed by atoms with Gasteiger partial charge in [0.1, 0.15) is 5.82 Å². The molecule has 1 aromatic rings. The van der Waals surface area contributed by atoms with Crippen LogP contribution in [0.5, 0.6) is 0 Å². The van der Waals surface area contributed by atoms with E-state index < -0.39 is 5.97 Å². The highest BCUT2D eigenvalue weighted by atomic mass is 32.1. The summed E-state index contributed by atoms with van der Waals surface area (Å²) in [7, 11) is 0. The Morgan fingerprint density at radius 3 is 2.82 bits per heavy atom. The Balaban J connectivity index is 3.05. The number of aryl methyl sites for hydroxylation is 1. The number of imidazole rings is 1. The predicted molar refractivity (Wildman–Crippen MR) is 42.9 cm³/mol. The fourth-order valence-corrected chi connectivity index (χ4v) is 1.05. The maximum atomic E-state index is 10.4. The second-order valence-corrected chi connectivity index (χ2v) is 2.48. The van der Waals surface area contributed by atoms with Crippen molar-refractivity contribution in [1.82, 2.24) is 8.96 Å². The summed E-state index contributed by atoms with van der Waals surface area (Å²) in [5.74, 6) is -0.363. The molecule has 0 amide bonds. The first-order chi connectivity index (χ1) is 5.15. The van der Waals surface area contributed by atoms with Crippen molar-refractivity contribution in [2.75, 3.05) is 0 Å². The quantitative estimate of drug-likeness (QED) is 0.650. The maximum Gasteiger partial charge on any atom is 0.356 e. The van der Waals surface area contributed by atoms with Crippen LogP contribution in [0.1, 0.15) is 23.2 Å². The fourth-order valence-electron chi connectivity index (χ4n) is 0.754. The fraction of sp³-hybridized carbons (Fsp3) is 0.333. The first-order valence-corrected chi connectivity index (χ1v) is 3.56. The number of thiol groups is 1. The van der Waals surface area contributed by atoms with Crippen LogP contribution in [0, 0.1) is 0 Å². The van der Waals surface area contributed by atoms with Crippen LogP contribution in [0.3, 0.4) is 0 Å². The van der Waals surface area contributed by atoms with Crippen molar-refractivity contribution in [3.05, 3.63) is 17.7 Å². The molecule has 60 valence electrons. The van der Waals surface area contributed by atoms with Gasteiger partial charge in [-0.2, -0.15) is 0 Å². The summed E-state index contributed by atoms with van der Waals surface area (Å²) in [6.07, 6.45) is 2.06. The van der Waals surface area contributed by atoms with Gasteiger partial charge in [0.25, 0.3) is 0 Å². The smallest absolute Gasteiger partial charge is 0.356 e. The van der Waals surface area contributed by atoms with E-state index in [2.05, 4.69) is 17.8 Å². The van der Waals surface area contributed by atoms with Gasteiger partial charge in [-0.25, -0.2) is 9.78 Å². The molecule has 1 aromatic heterocycles. The van der Waals surface area contributed by atoms with Crippen LogP contribution >= 0.6 is 12.8 Å². The predicted octanol–water partition coefficient (Wildman–Crippen LogP) is 0.837. The number of aromatic nitrogens is 2. The third-order valence-electron chi connectivity index (χ3n) is 1.29. The van der Waals surface area contributed by atoms with Crippen LogP contribution in [-0.4, -0.2) is 20.0 Å². The number of carboxylic acids is 1. The molecule has 0 aliphatic carbocycles. The maximum absolute atomic E-state index is 10.4. The molecule has 0 aliphatic heterocycles. The molecule has 0 spiro atoms. The third kappa shape index (κ3) is 1.54. The topological polar surface area (TPSA) is 55.1 Å². The highest BCUT2D eigenvalue weighted by molar-refractivity contribution is 7.78. The summed E-state index contributed by atoms with van der Waals surface area (Å²) in [5, 5.41) is 8.51. The lowest BCUT2D eigenvalue weighted by Gasteiger charge is -1.91. The number of hydrogen-bond acceptors (Lipinski definition) is 3. The lowest BCUT2D eigenvalue weighted by atomic mass is 10.5. The minimum absolute atomic E-state index is 0.0388. The third-order valence-corrected chi connectivity index (χ3v) is 1.64. The number of hydrogen-bond donors (Lipinski definition) is 2. The monoisotopic (exact) mass is 172 g/mol. The zero-order valence-corrected chi connectivity index (χ0v) is 6.88. The lowest BCUT2D eigenvalue weighted by Crippen LogP contribution is -1.95. The summed E-state index contributed by atoms with van der Waals surface area (Å²) in [6, 6.07) is 0. The summed E-state index contributed by atoms with van der Waals surface area (Å²) in [6.45, 7) is 1.89. The van der Waals surface area contributed by atoms with Crippen molar-refractivity contribution in [3.63, 3.8) is 0 Å². The van der Waals surface area contributed by atoms with Crippen LogP contribution in [0.4, 0.5) is 0 Å².